The second-order valence-corrected chi connectivity index (χ2v) is 5.89. The minimum atomic E-state index is 0.147. The lowest BCUT2D eigenvalue weighted by atomic mass is 9.82. The van der Waals surface area contributed by atoms with E-state index in [4.69, 9.17) is 4.74 Å². The van der Waals surface area contributed by atoms with Gasteiger partial charge in [-0.15, -0.1) is 0 Å². The number of ether oxygens (including phenoxy) is 1. The van der Waals surface area contributed by atoms with Gasteiger partial charge in [-0.1, -0.05) is 46.8 Å². The smallest absolute Gasteiger partial charge is 0.0775 e. The second-order valence-electron chi connectivity index (χ2n) is 5.89. The van der Waals surface area contributed by atoms with E-state index in [1.165, 1.54) is 5.57 Å². The first-order valence-electron chi connectivity index (χ1n) is 6.79. The van der Waals surface area contributed by atoms with Crippen molar-refractivity contribution in [3.05, 3.63) is 12.2 Å². The molecule has 0 aliphatic rings. The molecule has 0 saturated heterocycles. The zero-order chi connectivity index (χ0) is 13.5. The van der Waals surface area contributed by atoms with Crippen LogP contribution in [0.15, 0.2) is 12.2 Å². The summed E-state index contributed by atoms with van der Waals surface area (Å²) in [6, 6.07) is 0.368. The van der Waals surface area contributed by atoms with E-state index in [-0.39, 0.29) is 11.5 Å². The molecule has 0 rings (SSSR count). The highest BCUT2D eigenvalue weighted by Gasteiger charge is 2.31. The van der Waals surface area contributed by atoms with Gasteiger partial charge in [0.05, 0.1) is 6.10 Å². The van der Waals surface area contributed by atoms with Gasteiger partial charge < -0.3 is 10.1 Å². The molecule has 0 aliphatic carbocycles. The molecule has 1 N–H and O–H groups in total. The molecule has 0 saturated carbocycles. The Bertz CT molecular complexity index is 217. The van der Waals surface area contributed by atoms with Crippen molar-refractivity contribution in [3.8, 4) is 0 Å². The molecule has 2 nitrogen and oxygen atoms in total. The van der Waals surface area contributed by atoms with Crippen LogP contribution in [0.25, 0.3) is 0 Å². The fourth-order valence-electron chi connectivity index (χ4n) is 2.19. The first kappa shape index (κ1) is 16.7. The van der Waals surface area contributed by atoms with Crippen LogP contribution >= 0.6 is 0 Å². The van der Waals surface area contributed by atoms with Crippen molar-refractivity contribution >= 4 is 0 Å². The van der Waals surface area contributed by atoms with Gasteiger partial charge in [0.2, 0.25) is 0 Å². The number of hydrogen-bond acceptors (Lipinski definition) is 2. The molecule has 2 unspecified atom stereocenters. The average molecular weight is 241 g/mol. The molecule has 0 aromatic heterocycles. The van der Waals surface area contributed by atoms with Crippen molar-refractivity contribution in [1.29, 1.82) is 0 Å². The molecule has 0 aromatic rings. The molecule has 0 spiro atoms. The maximum absolute atomic E-state index is 5.72. The summed E-state index contributed by atoms with van der Waals surface area (Å²) >= 11 is 0. The average Bonchev–Trinajstić information content (AvgIpc) is 2.24. The summed E-state index contributed by atoms with van der Waals surface area (Å²) in [5.41, 5.74) is 1.44. The van der Waals surface area contributed by atoms with Crippen LogP contribution in [0.4, 0.5) is 0 Å². The number of hydrogen-bond donors (Lipinski definition) is 1. The Labute approximate surface area is 108 Å². The summed E-state index contributed by atoms with van der Waals surface area (Å²) in [5, 5.41) is 3.61. The molecule has 0 fully saturated rings. The van der Waals surface area contributed by atoms with Crippen LogP contribution in [0.5, 0.6) is 0 Å². The molecule has 2 atom stereocenters. The maximum Gasteiger partial charge on any atom is 0.0775 e. The molecule has 0 heterocycles. The van der Waals surface area contributed by atoms with Crippen LogP contribution in [0.2, 0.25) is 0 Å². The molecule has 17 heavy (non-hydrogen) atoms. The number of nitrogens with one attached hydrogen (secondary N) is 1. The minimum absolute atomic E-state index is 0.147. The largest absolute Gasteiger partial charge is 0.379 e. The highest BCUT2D eigenvalue weighted by Crippen LogP contribution is 2.27. The Morgan fingerprint density at radius 2 is 1.88 bits per heavy atom. The lowest BCUT2D eigenvalue weighted by Gasteiger charge is -2.37. The van der Waals surface area contributed by atoms with Crippen LogP contribution in [0.3, 0.4) is 0 Å². The SMILES string of the molecule is C=C(CC)CC(NCCC)C(OC)C(C)(C)C. The minimum Gasteiger partial charge on any atom is -0.379 e. The standard InChI is InChI=1S/C15H31NO/c1-8-10-16-13(11-12(3)9-2)14(17-7)15(4,5)6/h13-14,16H,3,8-11H2,1-2,4-7H3. The van der Waals surface area contributed by atoms with Gasteiger partial charge in [0.25, 0.3) is 0 Å². The molecule has 2 heteroatoms. The Morgan fingerprint density at radius 1 is 1.29 bits per heavy atom. The quantitative estimate of drug-likeness (QED) is 0.653. The Kier molecular flexibility index (Phi) is 7.73. The van der Waals surface area contributed by atoms with E-state index in [0.717, 1.165) is 25.8 Å². The van der Waals surface area contributed by atoms with Gasteiger partial charge >= 0.3 is 0 Å². The van der Waals surface area contributed by atoms with E-state index < -0.39 is 0 Å². The van der Waals surface area contributed by atoms with E-state index in [1.54, 1.807) is 0 Å². The van der Waals surface area contributed by atoms with Crippen LogP contribution in [0.1, 0.15) is 53.9 Å². The normalized spacial score (nSPS) is 15.6. The van der Waals surface area contributed by atoms with Crippen molar-refractivity contribution in [1.82, 2.24) is 5.32 Å². The molecule has 0 aliphatic heterocycles. The van der Waals surface area contributed by atoms with Crippen molar-refractivity contribution in [2.45, 2.75) is 66.0 Å². The highest BCUT2D eigenvalue weighted by atomic mass is 16.5. The van der Waals surface area contributed by atoms with E-state index >= 15 is 0 Å². The summed E-state index contributed by atoms with van der Waals surface area (Å²) in [6.45, 7) is 16.2. The van der Waals surface area contributed by atoms with E-state index in [2.05, 4.69) is 46.5 Å². The van der Waals surface area contributed by atoms with Gasteiger partial charge in [0.1, 0.15) is 0 Å². The van der Waals surface area contributed by atoms with E-state index in [0.29, 0.717) is 6.04 Å². The lowest BCUT2D eigenvalue weighted by Crippen LogP contribution is -2.48. The molecule has 0 aromatic carbocycles. The van der Waals surface area contributed by atoms with Crippen molar-refractivity contribution in [2.75, 3.05) is 13.7 Å². The summed E-state index contributed by atoms with van der Waals surface area (Å²) in [7, 11) is 1.81. The van der Waals surface area contributed by atoms with Gasteiger partial charge in [0.15, 0.2) is 0 Å². The van der Waals surface area contributed by atoms with Crippen LogP contribution in [-0.2, 0) is 4.74 Å². The molecule has 0 amide bonds. The Morgan fingerprint density at radius 3 is 2.24 bits per heavy atom. The zero-order valence-corrected chi connectivity index (χ0v) is 12.6. The molecule has 0 radical (unpaired) electrons. The second kappa shape index (κ2) is 7.88. The fraction of sp³-hybridized carbons (Fsp3) is 0.867. The zero-order valence-electron chi connectivity index (χ0n) is 12.6. The lowest BCUT2D eigenvalue weighted by molar-refractivity contribution is -0.0110. The van der Waals surface area contributed by atoms with Gasteiger partial charge in [-0.2, -0.15) is 0 Å². The van der Waals surface area contributed by atoms with Gasteiger partial charge in [0, 0.05) is 13.2 Å². The van der Waals surface area contributed by atoms with Gasteiger partial charge in [-0.05, 0) is 31.2 Å². The topological polar surface area (TPSA) is 21.3 Å². The van der Waals surface area contributed by atoms with Crippen molar-refractivity contribution < 1.29 is 4.74 Å². The first-order chi connectivity index (χ1) is 7.86. The summed E-state index contributed by atoms with van der Waals surface area (Å²) in [4.78, 5) is 0. The Balaban J connectivity index is 4.68. The summed E-state index contributed by atoms with van der Waals surface area (Å²) < 4.78 is 5.72. The van der Waals surface area contributed by atoms with Crippen molar-refractivity contribution in [3.63, 3.8) is 0 Å². The Hall–Kier alpha value is -0.340. The summed E-state index contributed by atoms with van der Waals surface area (Å²) in [5.74, 6) is 0. The number of rotatable bonds is 8. The molecular formula is C15H31NO. The van der Waals surface area contributed by atoms with Crippen LogP contribution in [-0.4, -0.2) is 25.8 Å². The highest BCUT2D eigenvalue weighted by molar-refractivity contribution is 5.00. The monoisotopic (exact) mass is 241 g/mol. The fourth-order valence-corrected chi connectivity index (χ4v) is 2.19. The molecular weight excluding hydrogens is 210 g/mol. The number of methoxy groups -OCH3 is 1. The first-order valence-corrected chi connectivity index (χ1v) is 6.79. The maximum atomic E-state index is 5.72. The predicted octanol–water partition coefficient (Wildman–Crippen LogP) is 3.77. The van der Waals surface area contributed by atoms with Crippen LogP contribution in [0, 0.1) is 5.41 Å². The predicted molar refractivity (Wildman–Crippen MR) is 76.4 cm³/mol. The molecule has 102 valence electrons. The van der Waals surface area contributed by atoms with E-state index in [9.17, 15) is 0 Å². The van der Waals surface area contributed by atoms with Gasteiger partial charge in [-0.3, -0.25) is 0 Å². The third-order valence-corrected chi connectivity index (χ3v) is 3.14. The summed E-state index contributed by atoms with van der Waals surface area (Å²) in [6.07, 6.45) is 3.42. The van der Waals surface area contributed by atoms with Crippen molar-refractivity contribution in [2.24, 2.45) is 5.41 Å². The van der Waals surface area contributed by atoms with Crippen LogP contribution < -0.4 is 5.32 Å². The van der Waals surface area contributed by atoms with Gasteiger partial charge in [-0.25, -0.2) is 0 Å². The third-order valence-electron chi connectivity index (χ3n) is 3.14. The van der Waals surface area contributed by atoms with E-state index in [1.807, 2.05) is 7.11 Å². The molecule has 0 bridgehead atoms. The third kappa shape index (κ3) is 6.23.